The van der Waals surface area contributed by atoms with Gasteiger partial charge in [0.15, 0.2) is 0 Å². The fraction of sp³-hybridized carbons (Fsp3) is 0.562. The molecule has 2 fully saturated rings. The van der Waals surface area contributed by atoms with Gasteiger partial charge in [-0.1, -0.05) is 12.1 Å². The number of nitrogens with zero attached hydrogens (tertiary/aromatic N) is 1. The van der Waals surface area contributed by atoms with Gasteiger partial charge in [0.1, 0.15) is 11.6 Å². The number of ketones is 1. The third-order valence-corrected chi connectivity index (χ3v) is 4.61. The largest absolute Gasteiger partial charge is 0.378 e. The molecule has 0 radical (unpaired) electrons. The normalized spacial score (nSPS) is 30.2. The first-order chi connectivity index (χ1) is 9.63. The first kappa shape index (κ1) is 13.7. The van der Waals surface area contributed by atoms with Crippen LogP contribution < -0.4 is 0 Å². The Morgan fingerprint density at radius 1 is 1.35 bits per heavy atom. The smallest absolute Gasteiger partial charge is 0.140 e. The van der Waals surface area contributed by atoms with Crippen LogP contribution in [0.1, 0.15) is 18.4 Å². The number of carbonyl (C=O) groups excluding carboxylic acids is 1. The number of Topliss-reactive ketones (excluding diaryl/α,β-unsaturated/α-hetero) is 1. The summed E-state index contributed by atoms with van der Waals surface area (Å²) in [6, 6.07) is 7.05. The molecule has 4 heteroatoms. The van der Waals surface area contributed by atoms with Crippen LogP contribution >= 0.6 is 0 Å². The molecule has 2 unspecified atom stereocenters. The lowest BCUT2D eigenvalue weighted by atomic mass is 9.81. The van der Waals surface area contributed by atoms with Crippen LogP contribution in [0.15, 0.2) is 24.3 Å². The van der Waals surface area contributed by atoms with Crippen LogP contribution in [0.4, 0.5) is 4.39 Å². The van der Waals surface area contributed by atoms with Gasteiger partial charge in [-0.05, 0) is 37.6 Å². The van der Waals surface area contributed by atoms with Crippen molar-refractivity contribution in [1.29, 1.82) is 0 Å². The van der Waals surface area contributed by atoms with Gasteiger partial charge in [-0.3, -0.25) is 9.69 Å². The Labute approximate surface area is 118 Å². The summed E-state index contributed by atoms with van der Waals surface area (Å²) in [4.78, 5) is 14.8. The molecule has 0 aliphatic carbocycles. The second-order valence-electron chi connectivity index (χ2n) is 5.95. The van der Waals surface area contributed by atoms with E-state index in [0.29, 0.717) is 18.5 Å². The molecule has 0 aromatic heterocycles. The third-order valence-electron chi connectivity index (χ3n) is 4.61. The highest BCUT2D eigenvalue weighted by molar-refractivity contribution is 5.83. The van der Waals surface area contributed by atoms with Crippen molar-refractivity contribution in [1.82, 2.24) is 4.90 Å². The van der Waals surface area contributed by atoms with E-state index in [2.05, 4.69) is 11.9 Å². The quantitative estimate of drug-likeness (QED) is 0.847. The number of likely N-dealkylation sites (N-methyl/N-ethyl adjacent to an activating group) is 1. The molecule has 2 bridgehead atoms. The maximum absolute atomic E-state index is 13.2. The highest BCUT2D eigenvalue weighted by Gasteiger charge is 2.39. The molecule has 3 rings (SSSR count). The van der Waals surface area contributed by atoms with Crippen molar-refractivity contribution < 1.29 is 13.9 Å². The molecule has 1 aromatic rings. The fourth-order valence-corrected chi connectivity index (χ4v) is 3.35. The Kier molecular flexibility index (Phi) is 3.85. The second kappa shape index (κ2) is 5.62. The molecule has 2 aliphatic rings. The molecular formula is C16H20FNO2. The molecule has 3 nitrogen and oxygen atoms in total. The number of rotatable bonds is 3. The van der Waals surface area contributed by atoms with E-state index in [-0.39, 0.29) is 17.5 Å². The molecule has 0 spiro atoms. The molecular weight excluding hydrogens is 257 g/mol. The number of ether oxygens (including phenoxy) is 1. The lowest BCUT2D eigenvalue weighted by molar-refractivity contribution is -0.130. The van der Waals surface area contributed by atoms with E-state index in [1.165, 1.54) is 12.1 Å². The molecule has 0 amide bonds. The fourth-order valence-electron chi connectivity index (χ4n) is 3.35. The first-order valence-electron chi connectivity index (χ1n) is 7.20. The van der Waals surface area contributed by atoms with E-state index in [0.717, 1.165) is 31.6 Å². The van der Waals surface area contributed by atoms with Gasteiger partial charge < -0.3 is 4.74 Å². The summed E-state index contributed by atoms with van der Waals surface area (Å²) in [5.41, 5.74) is 0.773. The monoisotopic (exact) mass is 277 g/mol. The number of fused-ring (bicyclic) bond motifs is 2. The first-order valence-corrected chi connectivity index (χ1v) is 7.20. The molecule has 0 saturated carbocycles. The molecule has 108 valence electrons. The van der Waals surface area contributed by atoms with Crippen LogP contribution in [0, 0.1) is 11.7 Å². The average molecular weight is 277 g/mol. The summed E-state index contributed by atoms with van der Waals surface area (Å²) < 4.78 is 18.7. The van der Waals surface area contributed by atoms with E-state index in [9.17, 15) is 9.18 Å². The number of benzene rings is 1. The maximum atomic E-state index is 13.2. The molecule has 1 aromatic carbocycles. The van der Waals surface area contributed by atoms with Crippen LogP contribution in [0.5, 0.6) is 0 Å². The number of halogens is 1. The lowest BCUT2D eigenvalue weighted by Crippen LogP contribution is -2.55. The molecule has 2 aliphatic heterocycles. The molecule has 2 heterocycles. The number of morpholine rings is 1. The van der Waals surface area contributed by atoms with Gasteiger partial charge in [0, 0.05) is 24.4 Å². The number of carbonyl (C=O) groups is 1. The minimum Gasteiger partial charge on any atom is -0.378 e. The lowest BCUT2D eigenvalue weighted by Gasteiger charge is -2.46. The van der Waals surface area contributed by atoms with Crippen molar-refractivity contribution in [2.24, 2.45) is 5.92 Å². The predicted molar refractivity (Wildman–Crippen MR) is 74.0 cm³/mol. The van der Waals surface area contributed by atoms with Crippen LogP contribution in [-0.4, -0.2) is 43.0 Å². The van der Waals surface area contributed by atoms with Gasteiger partial charge in [0.2, 0.25) is 0 Å². The topological polar surface area (TPSA) is 29.5 Å². The van der Waals surface area contributed by atoms with Crippen molar-refractivity contribution in [3.05, 3.63) is 35.6 Å². The zero-order chi connectivity index (χ0) is 14.1. The minimum absolute atomic E-state index is 0.0911. The van der Waals surface area contributed by atoms with E-state index < -0.39 is 0 Å². The molecule has 20 heavy (non-hydrogen) atoms. The summed E-state index contributed by atoms with van der Waals surface area (Å²) in [6.07, 6.45) is 2.06. The zero-order valence-corrected chi connectivity index (χ0v) is 11.7. The van der Waals surface area contributed by atoms with Crippen molar-refractivity contribution in [2.45, 2.75) is 31.3 Å². The SMILES string of the molecule is CN1C2COCC1CC(C(=O)Cc1cccc(F)c1)C2. The van der Waals surface area contributed by atoms with Gasteiger partial charge in [-0.25, -0.2) is 4.39 Å². The van der Waals surface area contributed by atoms with E-state index in [4.69, 9.17) is 4.74 Å². The molecule has 0 N–H and O–H groups in total. The van der Waals surface area contributed by atoms with Crippen LogP contribution in [-0.2, 0) is 16.0 Å². The second-order valence-corrected chi connectivity index (χ2v) is 5.95. The number of piperidine rings is 1. The predicted octanol–water partition coefficient (Wildman–Crippen LogP) is 2.05. The van der Waals surface area contributed by atoms with E-state index >= 15 is 0 Å². The van der Waals surface area contributed by atoms with Gasteiger partial charge >= 0.3 is 0 Å². The summed E-state index contributed by atoms with van der Waals surface area (Å²) in [7, 11) is 2.12. The van der Waals surface area contributed by atoms with Gasteiger partial charge in [0.25, 0.3) is 0 Å². The minimum atomic E-state index is -0.274. The summed E-state index contributed by atoms with van der Waals surface area (Å²) in [5.74, 6) is 0.0536. The third kappa shape index (κ3) is 2.76. The van der Waals surface area contributed by atoms with Crippen molar-refractivity contribution in [3.8, 4) is 0 Å². The number of hydrogen-bond donors (Lipinski definition) is 0. The van der Waals surface area contributed by atoms with Crippen LogP contribution in [0.2, 0.25) is 0 Å². The Bertz CT molecular complexity index is 491. The highest BCUT2D eigenvalue weighted by Crippen LogP contribution is 2.31. The van der Waals surface area contributed by atoms with Crippen molar-refractivity contribution in [3.63, 3.8) is 0 Å². The number of hydrogen-bond acceptors (Lipinski definition) is 3. The van der Waals surface area contributed by atoms with E-state index in [1.54, 1.807) is 6.07 Å². The summed E-state index contributed by atoms with van der Waals surface area (Å²) in [5, 5.41) is 0. The Morgan fingerprint density at radius 3 is 2.70 bits per heavy atom. The van der Waals surface area contributed by atoms with Gasteiger partial charge in [-0.15, -0.1) is 0 Å². The average Bonchev–Trinajstić information content (AvgIpc) is 2.38. The van der Waals surface area contributed by atoms with Gasteiger partial charge in [0.05, 0.1) is 13.2 Å². The van der Waals surface area contributed by atoms with Gasteiger partial charge in [-0.2, -0.15) is 0 Å². The maximum Gasteiger partial charge on any atom is 0.140 e. The standard InChI is InChI=1S/C16H20FNO2/c1-18-14-7-12(8-15(18)10-20-9-14)16(19)6-11-3-2-4-13(17)5-11/h2-5,12,14-15H,6-10H2,1H3. The summed E-state index contributed by atoms with van der Waals surface area (Å²) >= 11 is 0. The molecule has 2 saturated heterocycles. The molecule has 2 atom stereocenters. The Morgan fingerprint density at radius 2 is 2.05 bits per heavy atom. The van der Waals surface area contributed by atoms with Crippen LogP contribution in [0.25, 0.3) is 0 Å². The van der Waals surface area contributed by atoms with Crippen molar-refractivity contribution >= 4 is 5.78 Å². The summed E-state index contributed by atoms with van der Waals surface area (Å²) in [6.45, 7) is 1.44. The zero-order valence-electron chi connectivity index (χ0n) is 11.7. The highest BCUT2D eigenvalue weighted by atomic mass is 19.1. The van der Waals surface area contributed by atoms with E-state index in [1.807, 2.05) is 6.07 Å². The van der Waals surface area contributed by atoms with Crippen LogP contribution in [0.3, 0.4) is 0 Å². The van der Waals surface area contributed by atoms with Crippen molar-refractivity contribution in [2.75, 3.05) is 20.3 Å². The Hall–Kier alpha value is -1.26. The Balaban J connectivity index is 1.66.